The van der Waals surface area contributed by atoms with Crippen LogP contribution in [0.5, 0.6) is 0 Å². The monoisotopic (exact) mass is 223 g/mol. The van der Waals surface area contributed by atoms with Crippen LogP contribution in [0.25, 0.3) is 0 Å². The molecule has 0 atom stereocenters. The smallest absolute Gasteiger partial charge is 0.0880 e. The lowest BCUT2D eigenvalue weighted by molar-refractivity contribution is 0.347. The van der Waals surface area contributed by atoms with Crippen LogP contribution in [-0.2, 0) is 12.0 Å². The Bertz CT molecular complexity index is 326. The van der Waals surface area contributed by atoms with Gasteiger partial charge >= 0.3 is 0 Å². The van der Waals surface area contributed by atoms with Gasteiger partial charge in [-0.1, -0.05) is 46.8 Å². The summed E-state index contributed by atoms with van der Waals surface area (Å²) in [5, 5.41) is 8.38. The van der Waals surface area contributed by atoms with Crippen molar-refractivity contribution in [3.63, 3.8) is 0 Å². The second-order valence-corrected chi connectivity index (χ2v) is 6.78. The Morgan fingerprint density at radius 1 is 1.12 bits per heavy atom. The molecule has 1 aromatic heterocycles. The highest BCUT2D eigenvalue weighted by atomic mass is 15.4. The van der Waals surface area contributed by atoms with Crippen LogP contribution in [0.4, 0.5) is 0 Å². The molecule has 92 valence electrons. The number of nitrogens with zero attached hydrogens (tertiary/aromatic N) is 3. The topological polar surface area (TPSA) is 30.7 Å². The Hall–Kier alpha value is -0.860. The minimum Gasteiger partial charge on any atom is -0.252 e. The van der Waals surface area contributed by atoms with E-state index in [1.54, 1.807) is 0 Å². The second-order valence-electron chi connectivity index (χ2n) is 6.78. The molecule has 3 nitrogen and oxygen atoms in total. The molecule has 0 aliphatic heterocycles. The molecule has 0 saturated carbocycles. The van der Waals surface area contributed by atoms with Gasteiger partial charge in [0.05, 0.1) is 5.69 Å². The van der Waals surface area contributed by atoms with E-state index >= 15 is 0 Å². The van der Waals surface area contributed by atoms with Gasteiger partial charge in [0.25, 0.3) is 0 Å². The zero-order chi connectivity index (χ0) is 12.4. The highest BCUT2D eigenvalue weighted by Crippen LogP contribution is 2.22. The molecule has 0 saturated heterocycles. The molecule has 0 aromatic carbocycles. The summed E-state index contributed by atoms with van der Waals surface area (Å²) in [6.45, 7) is 14.3. The van der Waals surface area contributed by atoms with Crippen LogP contribution in [0, 0.1) is 5.41 Å². The summed E-state index contributed by atoms with van der Waals surface area (Å²) in [6, 6.07) is 0. The van der Waals surface area contributed by atoms with Crippen LogP contribution in [-0.4, -0.2) is 15.0 Å². The van der Waals surface area contributed by atoms with Crippen molar-refractivity contribution in [2.45, 2.75) is 66.3 Å². The van der Waals surface area contributed by atoms with E-state index < -0.39 is 0 Å². The molecule has 1 rings (SSSR count). The summed E-state index contributed by atoms with van der Waals surface area (Å²) in [7, 11) is 0. The molecule has 1 heterocycles. The molecule has 0 unspecified atom stereocenters. The van der Waals surface area contributed by atoms with Crippen molar-refractivity contribution >= 4 is 0 Å². The maximum Gasteiger partial charge on any atom is 0.0880 e. The zero-order valence-electron chi connectivity index (χ0n) is 11.5. The van der Waals surface area contributed by atoms with E-state index in [0.29, 0.717) is 5.41 Å². The zero-order valence-corrected chi connectivity index (χ0v) is 11.5. The normalized spacial score (nSPS) is 13.1. The fourth-order valence-corrected chi connectivity index (χ4v) is 1.52. The molecule has 0 spiro atoms. The van der Waals surface area contributed by atoms with Gasteiger partial charge in [-0.05, 0) is 18.3 Å². The lowest BCUT2D eigenvalue weighted by atomic mass is 9.90. The summed E-state index contributed by atoms with van der Waals surface area (Å²) in [5.41, 5.74) is 1.58. The summed E-state index contributed by atoms with van der Waals surface area (Å²) in [5.74, 6) is 0. The van der Waals surface area contributed by atoms with Crippen molar-refractivity contribution < 1.29 is 0 Å². The van der Waals surface area contributed by atoms with Crippen molar-refractivity contribution in [2.75, 3.05) is 0 Å². The van der Waals surface area contributed by atoms with Crippen molar-refractivity contribution in [1.82, 2.24) is 15.0 Å². The first-order valence-electron chi connectivity index (χ1n) is 6.09. The van der Waals surface area contributed by atoms with E-state index in [2.05, 4.69) is 58.1 Å². The highest BCUT2D eigenvalue weighted by molar-refractivity contribution is 5.06. The fourth-order valence-electron chi connectivity index (χ4n) is 1.52. The Morgan fingerprint density at radius 3 is 2.19 bits per heavy atom. The van der Waals surface area contributed by atoms with E-state index in [4.69, 9.17) is 0 Å². The lowest BCUT2D eigenvalue weighted by Gasteiger charge is -2.17. The van der Waals surface area contributed by atoms with E-state index in [1.165, 1.54) is 6.42 Å². The molecule has 0 aliphatic carbocycles. The molecule has 0 bridgehead atoms. The van der Waals surface area contributed by atoms with Crippen molar-refractivity contribution in [2.24, 2.45) is 5.41 Å². The summed E-state index contributed by atoms with van der Waals surface area (Å²) < 4.78 is 1.96. The van der Waals surface area contributed by atoms with Crippen LogP contribution in [0.2, 0.25) is 0 Å². The van der Waals surface area contributed by atoms with Gasteiger partial charge in [0, 0.05) is 18.2 Å². The minimum atomic E-state index is 0.0995. The molecular formula is C13H25N3. The van der Waals surface area contributed by atoms with Crippen molar-refractivity contribution in [1.29, 1.82) is 0 Å². The van der Waals surface area contributed by atoms with Gasteiger partial charge < -0.3 is 0 Å². The number of aryl methyl sites for hydroxylation is 1. The van der Waals surface area contributed by atoms with Crippen molar-refractivity contribution in [3.05, 3.63) is 11.9 Å². The first-order chi connectivity index (χ1) is 7.18. The predicted molar refractivity (Wildman–Crippen MR) is 67.4 cm³/mol. The maximum atomic E-state index is 4.22. The average Bonchev–Trinajstić information content (AvgIpc) is 2.49. The Kier molecular flexibility index (Phi) is 3.76. The SMILES string of the molecule is CC(C)(C)CCCn1cc(C(C)(C)C)nn1. The van der Waals surface area contributed by atoms with E-state index in [1.807, 2.05) is 4.68 Å². The molecule has 16 heavy (non-hydrogen) atoms. The van der Waals surface area contributed by atoms with Crippen LogP contribution in [0.15, 0.2) is 6.20 Å². The van der Waals surface area contributed by atoms with E-state index in [0.717, 1.165) is 18.7 Å². The molecule has 1 aromatic rings. The number of aromatic nitrogens is 3. The summed E-state index contributed by atoms with van der Waals surface area (Å²) in [6.07, 6.45) is 4.46. The first kappa shape index (κ1) is 13.2. The van der Waals surface area contributed by atoms with E-state index in [9.17, 15) is 0 Å². The third-order valence-corrected chi connectivity index (χ3v) is 2.62. The van der Waals surface area contributed by atoms with Gasteiger partial charge in [-0.15, -0.1) is 5.10 Å². The van der Waals surface area contributed by atoms with Gasteiger partial charge in [0.1, 0.15) is 0 Å². The summed E-state index contributed by atoms with van der Waals surface area (Å²) >= 11 is 0. The second kappa shape index (κ2) is 4.56. The third kappa shape index (κ3) is 4.33. The van der Waals surface area contributed by atoms with Gasteiger partial charge in [-0.2, -0.15) is 0 Å². The van der Waals surface area contributed by atoms with Gasteiger partial charge in [0.2, 0.25) is 0 Å². The average molecular weight is 223 g/mol. The number of hydrogen-bond donors (Lipinski definition) is 0. The predicted octanol–water partition coefficient (Wildman–Crippen LogP) is 3.40. The fraction of sp³-hybridized carbons (Fsp3) is 0.846. The van der Waals surface area contributed by atoms with Crippen molar-refractivity contribution in [3.8, 4) is 0 Å². The molecule has 0 N–H and O–H groups in total. The van der Waals surface area contributed by atoms with Crippen LogP contribution in [0.3, 0.4) is 0 Å². The maximum absolute atomic E-state index is 4.22. The summed E-state index contributed by atoms with van der Waals surface area (Å²) in [4.78, 5) is 0. The Labute approximate surface area is 99.2 Å². The van der Waals surface area contributed by atoms with Crippen LogP contribution < -0.4 is 0 Å². The highest BCUT2D eigenvalue weighted by Gasteiger charge is 2.17. The quantitative estimate of drug-likeness (QED) is 0.786. The molecule has 0 radical (unpaired) electrons. The molecule has 0 amide bonds. The van der Waals surface area contributed by atoms with Crippen LogP contribution in [0.1, 0.15) is 60.1 Å². The lowest BCUT2D eigenvalue weighted by Crippen LogP contribution is -2.11. The van der Waals surface area contributed by atoms with Crippen LogP contribution >= 0.6 is 0 Å². The largest absolute Gasteiger partial charge is 0.252 e. The third-order valence-electron chi connectivity index (χ3n) is 2.62. The molecule has 0 fully saturated rings. The van der Waals surface area contributed by atoms with E-state index in [-0.39, 0.29) is 5.41 Å². The number of hydrogen-bond acceptors (Lipinski definition) is 2. The molecule has 3 heteroatoms. The van der Waals surface area contributed by atoms with Gasteiger partial charge in [0.15, 0.2) is 0 Å². The Morgan fingerprint density at radius 2 is 1.75 bits per heavy atom. The van der Waals surface area contributed by atoms with Gasteiger partial charge in [-0.25, -0.2) is 0 Å². The molecule has 0 aliphatic rings. The Balaban J connectivity index is 2.48. The first-order valence-corrected chi connectivity index (χ1v) is 6.09. The van der Waals surface area contributed by atoms with Gasteiger partial charge in [-0.3, -0.25) is 4.68 Å². The molecular weight excluding hydrogens is 198 g/mol. The standard InChI is InChI=1S/C13H25N3/c1-12(2,3)8-7-9-16-10-11(14-15-16)13(4,5)6/h10H,7-9H2,1-6H3. The number of rotatable bonds is 3. The minimum absolute atomic E-state index is 0.0995.